The molecule has 1 aromatic carbocycles. The number of oxazole rings is 1. The maximum absolute atomic E-state index is 13.1. The zero-order valence-electron chi connectivity index (χ0n) is 7.78. The third-order valence-electron chi connectivity index (χ3n) is 1.83. The van der Waals surface area contributed by atoms with Crippen molar-refractivity contribution in [1.82, 2.24) is 4.98 Å². The van der Waals surface area contributed by atoms with E-state index in [4.69, 9.17) is 9.52 Å². The minimum atomic E-state index is -1.19. The van der Waals surface area contributed by atoms with Gasteiger partial charge in [-0.05, 0) is 18.2 Å². The molecule has 0 aliphatic heterocycles. The molecule has 6 heteroatoms. The Bertz CT molecular complexity index is 532. The van der Waals surface area contributed by atoms with Crippen LogP contribution in [0.5, 0.6) is 0 Å². The molecular weight excluding hydrogens is 281 g/mol. The fourth-order valence-corrected chi connectivity index (χ4v) is 1.65. The van der Waals surface area contributed by atoms with Gasteiger partial charge in [-0.3, -0.25) is 0 Å². The molecule has 2 aromatic rings. The first-order valence-electron chi connectivity index (χ1n) is 4.21. The van der Waals surface area contributed by atoms with Gasteiger partial charge in [0.25, 0.3) is 0 Å². The van der Waals surface area contributed by atoms with E-state index in [2.05, 4.69) is 20.9 Å². The largest absolute Gasteiger partial charge is 0.476 e. The van der Waals surface area contributed by atoms with Crippen molar-refractivity contribution in [2.45, 2.75) is 0 Å². The van der Waals surface area contributed by atoms with E-state index in [-0.39, 0.29) is 11.6 Å². The Labute approximate surface area is 97.9 Å². The highest BCUT2D eigenvalue weighted by molar-refractivity contribution is 9.10. The number of carbonyl (C=O) groups is 1. The van der Waals surface area contributed by atoms with Crippen LogP contribution in [0.4, 0.5) is 4.39 Å². The van der Waals surface area contributed by atoms with Crippen LogP contribution in [-0.4, -0.2) is 16.1 Å². The molecule has 0 spiro atoms. The van der Waals surface area contributed by atoms with Gasteiger partial charge in [0.2, 0.25) is 5.89 Å². The summed E-state index contributed by atoms with van der Waals surface area (Å²) in [6, 6.07) is 4.08. The van der Waals surface area contributed by atoms with E-state index in [1.165, 1.54) is 12.1 Å². The van der Waals surface area contributed by atoms with E-state index in [0.717, 1.165) is 6.26 Å². The summed E-state index contributed by atoms with van der Waals surface area (Å²) < 4.78 is 18.5. The third-order valence-corrected chi connectivity index (χ3v) is 2.29. The lowest BCUT2D eigenvalue weighted by Crippen LogP contribution is -1.95. The lowest BCUT2D eigenvalue weighted by molar-refractivity contribution is 0.0690. The zero-order chi connectivity index (χ0) is 11.7. The maximum Gasteiger partial charge on any atom is 0.357 e. The van der Waals surface area contributed by atoms with Gasteiger partial charge in [-0.1, -0.05) is 15.9 Å². The Kier molecular flexibility index (Phi) is 2.74. The standard InChI is InChI=1S/C10H5BrFNO3/c11-6-1-5(2-7(12)3-6)9-13-8(4-16-9)10(14)15/h1-4H,(H,14,15). The highest BCUT2D eigenvalue weighted by atomic mass is 79.9. The van der Waals surface area contributed by atoms with Crippen LogP contribution in [0.15, 0.2) is 33.4 Å². The number of hydrogen-bond donors (Lipinski definition) is 1. The highest BCUT2D eigenvalue weighted by Crippen LogP contribution is 2.24. The highest BCUT2D eigenvalue weighted by Gasteiger charge is 2.12. The van der Waals surface area contributed by atoms with Crippen LogP contribution in [0.25, 0.3) is 11.5 Å². The van der Waals surface area contributed by atoms with Gasteiger partial charge in [0.05, 0.1) is 0 Å². The Morgan fingerprint density at radius 3 is 2.75 bits per heavy atom. The normalized spacial score (nSPS) is 10.4. The second-order valence-corrected chi connectivity index (χ2v) is 3.92. The molecule has 16 heavy (non-hydrogen) atoms. The van der Waals surface area contributed by atoms with Crippen LogP contribution < -0.4 is 0 Å². The zero-order valence-corrected chi connectivity index (χ0v) is 9.36. The van der Waals surface area contributed by atoms with E-state index in [1.807, 2.05) is 0 Å². The minimum Gasteiger partial charge on any atom is -0.476 e. The van der Waals surface area contributed by atoms with Crippen molar-refractivity contribution in [2.75, 3.05) is 0 Å². The molecule has 0 atom stereocenters. The summed E-state index contributed by atoms with van der Waals surface area (Å²) in [7, 11) is 0. The molecule has 0 fully saturated rings. The van der Waals surface area contributed by atoms with E-state index >= 15 is 0 Å². The van der Waals surface area contributed by atoms with Crippen molar-refractivity contribution in [1.29, 1.82) is 0 Å². The van der Waals surface area contributed by atoms with E-state index in [1.54, 1.807) is 6.07 Å². The van der Waals surface area contributed by atoms with Gasteiger partial charge < -0.3 is 9.52 Å². The smallest absolute Gasteiger partial charge is 0.357 e. The Morgan fingerprint density at radius 1 is 1.44 bits per heavy atom. The number of carboxylic acids is 1. The van der Waals surface area contributed by atoms with Gasteiger partial charge in [-0.25, -0.2) is 14.2 Å². The fourth-order valence-electron chi connectivity index (χ4n) is 1.18. The van der Waals surface area contributed by atoms with Crippen LogP contribution in [0.3, 0.4) is 0 Å². The number of carboxylic acid groups (broad SMARTS) is 1. The molecule has 1 aromatic heterocycles. The Hall–Kier alpha value is -1.69. The van der Waals surface area contributed by atoms with Crippen LogP contribution in [-0.2, 0) is 0 Å². The summed E-state index contributed by atoms with van der Waals surface area (Å²) in [6.07, 6.45) is 1.01. The molecule has 0 aliphatic rings. The molecule has 0 unspecified atom stereocenters. The van der Waals surface area contributed by atoms with Crippen LogP contribution in [0, 0.1) is 5.82 Å². The lowest BCUT2D eigenvalue weighted by Gasteiger charge is -1.97. The molecule has 0 bridgehead atoms. The summed E-state index contributed by atoms with van der Waals surface area (Å²) in [5.74, 6) is -1.58. The van der Waals surface area contributed by atoms with E-state index in [9.17, 15) is 9.18 Å². The van der Waals surface area contributed by atoms with E-state index < -0.39 is 11.8 Å². The average molecular weight is 286 g/mol. The number of aromatic nitrogens is 1. The molecule has 1 N–H and O–H groups in total. The molecule has 0 radical (unpaired) electrons. The van der Waals surface area contributed by atoms with Gasteiger partial charge in [0.1, 0.15) is 12.1 Å². The Morgan fingerprint density at radius 2 is 2.19 bits per heavy atom. The number of nitrogens with zero attached hydrogens (tertiary/aromatic N) is 1. The number of rotatable bonds is 2. The first kappa shape index (κ1) is 10.8. The van der Waals surface area contributed by atoms with Crippen LogP contribution in [0.2, 0.25) is 0 Å². The number of benzene rings is 1. The number of halogens is 2. The summed E-state index contributed by atoms with van der Waals surface area (Å²) in [4.78, 5) is 14.3. The molecule has 0 aliphatic carbocycles. The molecule has 2 rings (SSSR count). The summed E-state index contributed by atoms with van der Waals surface area (Å²) >= 11 is 3.12. The van der Waals surface area contributed by atoms with Crippen molar-refractivity contribution < 1.29 is 18.7 Å². The van der Waals surface area contributed by atoms with Crippen molar-refractivity contribution >= 4 is 21.9 Å². The monoisotopic (exact) mass is 285 g/mol. The predicted octanol–water partition coefficient (Wildman–Crippen LogP) is 2.94. The molecule has 1 heterocycles. The van der Waals surface area contributed by atoms with Crippen LogP contribution >= 0.6 is 15.9 Å². The fraction of sp³-hybridized carbons (Fsp3) is 0. The predicted molar refractivity (Wildman–Crippen MR) is 56.6 cm³/mol. The lowest BCUT2D eigenvalue weighted by atomic mass is 10.2. The van der Waals surface area contributed by atoms with Gasteiger partial charge >= 0.3 is 5.97 Å². The molecule has 0 amide bonds. The third kappa shape index (κ3) is 2.11. The molecular formula is C10H5BrFNO3. The molecule has 4 nitrogen and oxygen atoms in total. The first-order valence-corrected chi connectivity index (χ1v) is 5.01. The van der Waals surface area contributed by atoms with Crippen molar-refractivity contribution in [3.8, 4) is 11.5 Å². The first-order chi connectivity index (χ1) is 7.56. The molecule has 0 saturated heterocycles. The number of hydrogen-bond acceptors (Lipinski definition) is 3. The van der Waals surface area contributed by atoms with Crippen molar-refractivity contribution in [2.24, 2.45) is 0 Å². The average Bonchev–Trinajstić information content (AvgIpc) is 2.64. The van der Waals surface area contributed by atoms with Crippen LogP contribution in [0.1, 0.15) is 10.5 Å². The van der Waals surface area contributed by atoms with E-state index in [0.29, 0.717) is 10.0 Å². The summed E-state index contributed by atoms with van der Waals surface area (Å²) in [6.45, 7) is 0. The Balaban J connectivity index is 2.46. The second kappa shape index (κ2) is 4.05. The van der Waals surface area contributed by atoms with Gasteiger partial charge in [-0.15, -0.1) is 0 Å². The second-order valence-electron chi connectivity index (χ2n) is 3.00. The maximum atomic E-state index is 13.1. The molecule has 0 saturated carbocycles. The van der Waals surface area contributed by atoms with Gasteiger partial charge in [-0.2, -0.15) is 0 Å². The topological polar surface area (TPSA) is 63.3 Å². The molecule has 82 valence electrons. The number of aromatic carboxylic acids is 1. The SMILES string of the molecule is O=C(O)c1coc(-c2cc(F)cc(Br)c2)n1. The summed E-state index contributed by atoms with van der Waals surface area (Å²) in [5.41, 5.74) is 0.162. The van der Waals surface area contributed by atoms with Crippen molar-refractivity contribution in [3.05, 3.63) is 40.4 Å². The quantitative estimate of drug-likeness (QED) is 0.921. The van der Waals surface area contributed by atoms with Gasteiger partial charge in [0, 0.05) is 10.0 Å². The van der Waals surface area contributed by atoms with Crippen molar-refractivity contribution in [3.63, 3.8) is 0 Å². The minimum absolute atomic E-state index is 0.0672. The van der Waals surface area contributed by atoms with Gasteiger partial charge in [0.15, 0.2) is 5.69 Å². The summed E-state index contributed by atoms with van der Waals surface area (Å²) in [5, 5.41) is 8.65.